The Balaban J connectivity index is 0.00000240. The van der Waals surface area contributed by atoms with Gasteiger partial charge in [0.15, 0.2) is 0 Å². The summed E-state index contributed by atoms with van der Waals surface area (Å²) in [5.41, 5.74) is 5.22. The van der Waals surface area contributed by atoms with Gasteiger partial charge in [-0.15, -0.1) is 12.4 Å². The van der Waals surface area contributed by atoms with Crippen LogP contribution >= 0.6 is 12.4 Å². The van der Waals surface area contributed by atoms with Crippen molar-refractivity contribution < 1.29 is 4.79 Å². The van der Waals surface area contributed by atoms with Gasteiger partial charge in [0.1, 0.15) is 0 Å². The Morgan fingerprint density at radius 1 is 1.00 bits per heavy atom. The van der Waals surface area contributed by atoms with Gasteiger partial charge >= 0.3 is 0 Å². The minimum absolute atomic E-state index is 0. The largest absolute Gasteiger partial charge is 0.368 e. The van der Waals surface area contributed by atoms with Crippen molar-refractivity contribution in [1.82, 2.24) is 10.2 Å². The highest BCUT2D eigenvalue weighted by atomic mass is 35.5. The summed E-state index contributed by atoms with van der Waals surface area (Å²) in [5, 5.41) is 3.44. The van der Waals surface area contributed by atoms with Crippen molar-refractivity contribution in [2.24, 2.45) is 5.92 Å². The number of carbonyl (C=O) groups is 1. The Hall–Kier alpha value is -2.04. The van der Waals surface area contributed by atoms with Crippen molar-refractivity contribution in [2.75, 3.05) is 44.2 Å². The molecule has 1 N–H and O–H groups in total. The number of amides is 1. The number of benzene rings is 2. The number of carbonyl (C=O) groups excluding carboxylic acids is 1. The van der Waals surface area contributed by atoms with Gasteiger partial charge < -0.3 is 15.1 Å². The molecule has 2 aliphatic heterocycles. The van der Waals surface area contributed by atoms with Gasteiger partial charge in [0.05, 0.1) is 5.92 Å². The van der Waals surface area contributed by atoms with Gasteiger partial charge in [0, 0.05) is 38.4 Å². The second kappa shape index (κ2) is 9.64. The summed E-state index contributed by atoms with van der Waals surface area (Å²) >= 11 is 0. The topological polar surface area (TPSA) is 35.6 Å². The van der Waals surface area contributed by atoms with Gasteiger partial charge in [0.25, 0.3) is 0 Å². The zero-order valence-electron chi connectivity index (χ0n) is 17.4. The summed E-state index contributed by atoms with van der Waals surface area (Å²) in [5.74, 6) is 0.692. The maximum absolute atomic E-state index is 13.4. The summed E-state index contributed by atoms with van der Waals surface area (Å²) in [4.78, 5) is 17.9. The summed E-state index contributed by atoms with van der Waals surface area (Å²) in [7, 11) is 0. The van der Waals surface area contributed by atoms with E-state index < -0.39 is 0 Å². The Morgan fingerprint density at radius 3 is 2.45 bits per heavy atom. The lowest BCUT2D eigenvalue weighted by molar-refractivity contribution is -0.137. The first-order valence-electron chi connectivity index (χ1n) is 10.5. The number of piperazine rings is 1. The van der Waals surface area contributed by atoms with Crippen LogP contribution in [0, 0.1) is 19.8 Å². The number of anilines is 1. The smallest absolute Gasteiger partial charge is 0.227 e. The molecule has 29 heavy (non-hydrogen) atoms. The van der Waals surface area contributed by atoms with Crippen LogP contribution in [0.5, 0.6) is 0 Å². The van der Waals surface area contributed by atoms with Gasteiger partial charge in [0.2, 0.25) is 5.91 Å². The third kappa shape index (κ3) is 4.76. The fourth-order valence-corrected chi connectivity index (χ4v) is 4.68. The number of aryl methyl sites for hydroxylation is 2. The molecule has 2 fully saturated rings. The average Bonchev–Trinajstić information content (AvgIpc) is 2.76. The first kappa shape index (κ1) is 21.7. The van der Waals surface area contributed by atoms with Gasteiger partial charge in [-0.25, -0.2) is 0 Å². The van der Waals surface area contributed by atoms with Crippen LogP contribution in [0.25, 0.3) is 0 Å². The molecule has 4 nitrogen and oxygen atoms in total. The number of rotatable bonds is 3. The lowest BCUT2D eigenvalue weighted by Crippen LogP contribution is -2.53. The second-order valence-electron chi connectivity index (χ2n) is 8.22. The third-order valence-corrected chi connectivity index (χ3v) is 6.32. The van der Waals surface area contributed by atoms with Crippen LogP contribution in [0.3, 0.4) is 0 Å². The Morgan fingerprint density at radius 2 is 1.72 bits per heavy atom. The van der Waals surface area contributed by atoms with Crippen molar-refractivity contribution in [3.63, 3.8) is 0 Å². The molecule has 2 aliphatic rings. The highest BCUT2D eigenvalue weighted by Crippen LogP contribution is 2.32. The zero-order valence-corrected chi connectivity index (χ0v) is 18.3. The van der Waals surface area contributed by atoms with Gasteiger partial charge in [-0.05, 0) is 55.5 Å². The number of nitrogens with one attached hydrogen (secondary N) is 1. The first-order valence-corrected chi connectivity index (χ1v) is 10.5. The van der Waals surface area contributed by atoms with Crippen molar-refractivity contribution in [2.45, 2.75) is 26.2 Å². The molecule has 156 valence electrons. The molecule has 2 aromatic carbocycles. The number of piperidine rings is 1. The third-order valence-electron chi connectivity index (χ3n) is 6.32. The van der Waals surface area contributed by atoms with Crippen LogP contribution in [0.2, 0.25) is 0 Å². The molecule has 0 saturated carbocycles. The molecular weight excluding hydrogens is 382 g/mol. The predicted molar refractivity (Wildman–Crippen MR) is 122 cm³/mol. The van der Waals surface area contributed by atoms with E-state index in [2.05, 4.69) is 71.4 Å². The first-order chi connectivity index (χ1) is 13.6. The van der Waals surface area contributed by atoms with E-state index >= 15 is 0 Å². The molecule has 1 amide bonds. The number of hydrogen-bond acceptors (Lipinski definition) is 3. The SMILES string of the molecule is Cc1ccc(C)c(N2CCN(C(=O)[C@@H]3CNCC[C@@H]3c3ccccc3)CC2)c1.Cl. The molecule has 5 heteroatoms. The standard InChI is InChI=1S/C24H31N3O.ClH/c1-18-8-9-19(2)23(16-18)26-12-14-27(15-13-26)24(28)22-17-25-11-10-21(22)20-6-4-3-5-7-20;/h3-9,16,21-22,25H,10-15,17H2,1-2H3;1H/t21-,22-;/m1./s1. The maximum atomic E-state index is 13.4. The lowest BCUT2D eigenvalue weighted by Gasteiger charge is -2.40. The summed E-state index contributed by atoms with van der Waals surface area (Å²) in [6.45, 7) is 9.53. The number of hydrogen-bond donors (Lipinski definition) is 1. The molecule has 2 heterocycles. The van der Waals surface area contributed by atoms with Crippen LogP contribution in [0.1, 0.15) is 29.0 Å². The van der Waals surface area contributed by atoms with Crippen LogP contribution in [0.4, 0.5) is 5.69 Å². The van der Waals surface area contributed by atoms with Gasteiger partial charge in [-0.1, -0.05) is 42.5 Å². The van der Waals surface area contributed by atoms with Crippen molar-refractivity contribution in [1.29, 1.82) is 0 Å². The molecule has 0 aliphatic carbocycles. The molecule has 0 aromatic heterocycles. The molecule has 0 spiro atoms. The molecule has 0 bridgehead atoms. The van der Waals surface area contributed by atoms with E-state index in [0.29, 0.717) is 11.8 Å². The van der Waals surface area contributed by atoms with Gasteiger partial charge in [-0.2, -0.15) is 0 Å². The van der Waals surface area contributed by atoms with E-state index in [9.17, 15) is 4.79 Å². The minimum Gasteiger partial charge on any atom is -0.368 e. The fraction of sp³-hybridized carbons (Fsp3) is 0.458. The molecular formula is C24H32ClN3O. The highest BCUT2D eigenvalue weighted by molar-refractivity contribution is 5.85. The van der Waals surface area contributed by atoms with Crippen LogP contribution in [-0.4, -0.2) is 50.1 Å². The normalized spacial score (nSPS) is 22.1. The lowest BCUT2D eigenvalue weighted by atomic mass is 9.80. The monoisotopic (exact) mass is 413 g/mol. The molecule has 2 saturated heterocycles. The van der Waals surface area contributed by atoms with Crippen molar-refractivity contribution in [3.8, 4) is 0 Å². The molecule has 2 aromatic rings. The molecule has 2 atom stereocenters. The minimum atomic E-state index is 0. The van der Waals surface area contributed by atoms with E-state index in [4.69, 9.17) is 0 Å². The Bertz CT molecular complexity index is 818. The second-order valence-corrected chi connectivity index (χ2v) is 8.22. The number of halogens is 1. The Kier molecular flexibility index (Phi) is 7.20. The molecule has 4 rings (SSSR count). The average molecular weight is 414 g/mol. The fourth-order valence-electron chi connectivity index (χ4n) is 4.68. The van der Waals surface area contributed by atoms with Crippen molar-refractivity contribution in [3.05, 3.63) is 65.2 Å². The highest BCUT2D eigenvalue weighted by Gasteiger charge is 2.35. The van der Waals surface area contributed by atoms with Crippen LogP contribution in [0.15, 0.2) is 48.5 Å². The van der Waals surface area contributed by atoms with E-state index in [-0.39, 0.29) is 18.3 Å². The van der Waals surface area contributed by atoms with E-state index in [0.717, 1.165) is 45.7 Å². The summed E-state index contributed by atoms with van der Waals surface area (Å²) < 4.78 is 0. The quantitative estimate of drug-likeness (QED) is 0.831. The van der Waals surface area contributed by atoms with Gasteiger partial charge in [-0.3, -0.25) is 4.79 Å². The van der Waals surface area contributed by atoms with E-state index in [1.165, 1.54) is 22.4 Å². The predicted octanol–water partition coefficient (Wildman–Crippen LogP) is 3.77. The molecule has 0 radical (unpaired) electrons. The maximum Gasteiger partial charge on any atom is 0.227 e. The van der Waals surface area contributed by atoms with Crippen molar-refractivity contribution >= 4 is 24.0 Å². The Labute approximate surface area is 180 Å². The summed E-state index contributed by atoms with van der Waals surface area (Å²) in [6.07, 6.45) is 1.03. The zero-order chi connectivity index (χ0) is 19.5. The number of nitrogens with zero attached hydrogens (tertiary/aromatic N) is 2. The van der Waals surface area contributed by atoms with E-state index in [1.54, 1.807) is 0 Å². The van der Waals surface area contributed by atoms with Crippen LogP contribution in [-0.2, 0) is 4.79 Å². The van der Waals surface area contributed by atoms with Crippen LogP contribution < -0.4 is 10.2 Å². The molecule has 0 unspecified atom stereocenters. The summed E-state index contributed by atoms with van der Waals surface area (Å²) in [6, 6.07) is 17.2. The van der Waals surface area contributed by atoms with E-state index in [1.807, 2.05) is 6.07 Å².